The third-order valence-corrected chi connectivity index (χ3v) is 13.2. The fraction of sp³-hybridized carbons (Fsp3) is 0.390. The van der Waals surface area contributed by atoms with Gasteiger partial charge in [-0.25, -0.2) is 34.9 Å². The van der Waals surface area contributed by atoms with Gasteiger partial charge in [-0.1, -0.05) is 169 Å². The van der Waals surface area contributed by atoms with E-state index in [4.69, 9.17) is 0 Å². The maximum Gasteiger partial charge on any atom is 0.177 e. The van der Waals surface area contributed by atoms with Crippen LogP contribution in [0.3, 0.4) is 0 Å². The maximum absolute atomic E-state index is 4.19. The van der Waals surface area contributed by atoms with Crippen molar-refractivity contribution in [2.45, 2.75) is 111 Å². The van der Waals surface area contributed by atoms with Crippen LogP contribution >= 0.6 is 0 Å². The van der Waals surface area contributed by atoms with Crippen molar-refractivity contribution < 1.29 is 0 Å². The van der Waals surface area contributed by atoms with E-state index in [1.54, 1.807) is 62.0 Å². The van der Waals surface area contributed by atoms with E-state index in [-0.39, 0.29) is 0 Å². The molecular weight excluding hydrogens is 1290 g/mol. The monoisotopic (exact) mass is 1420 g/mol. The molecule has 0 radical (unpaired) electrons. The molecule has 8 N–H and O–H groups in total. The van der Waals surface area contributed by atoms with Crippen LogP contribution in [0.25, 0.3) is 45.6 Å². The lowest BCUT2D eigenvalue weighted by Crippen LogP contribution is -2.18. The Hall–Kier alpha value is -10.9. The van der Waals surface area contributed by atoms with E-state index in [0.29, 0.717) is 53.2 Å². The molecule has 0 saturated heterocycles. The van der Waals surface area contributed by atoms with Gasteiger partial charge >= 0.3 is 0 Å². The van der Waals surface area contributed by atoms with Gasteiger partial charge in [-0.3, -0.25) is 15.0 Å². The highest BCUT2D eigenvalue weighted by Crippen LogP contribution is 2.12. The predicted octanol–water partition coefficient (Wildman–Crippen LogP) is 14.8. The first kappa shape index (κ1) is 91.1. The number of pyridine rings is 3. The highest BCUT2D eigenvalue weighted by atomic mass is 15.1. The van der Waals surface area contributed by atoms with Crippen molar-refractivity contribution in [1.29, 1.82) is 0 Å². The summed E-state index contributed by atoms with van der Waals surface area (Å²) in [6, 6.07) is 21.1. The fourth-order valence-electron chi connectivity index (χ4n) is 7.26. The lowest BCUT2D eigenvalue weighted by atomic mass is 10.2. The first-order valence-electron chi connectivity index (χ1n) is 35.4. The number of hydrogen-bond donors (Lipinski definition) is 8. The van der Waals surface area contributed by atoms with E-state index in [1.807, 2.05) is 72.9 Å². The van der Waals surface area contributed by atoms with Crippen molar-refractivity contribution in [2.75, 3.05) is 52.4 Å². The van der Waals surface area contributed by atoms with Crippen molar-refractivity contribution in [3.05, 3.63) is 258 Å². The van der Waals surface area contributed by atoms with Gasteiger partial charge in [-0.05, 0) is 108 Å². The lowest BCUT2D eigenvalue weighted by Gasteiger charge is -2.11. The molecule has 22 heteroatoms. The molecule has 0 unspecified atom stereocenters. The van der Waals surface area contributed by atoms with Gasteiger partial charge in [0.15, 0.2) is 5.82 Å². The Morgan fingerprint density at radius 3 is 1.05 bits per heavy atom. The standard InChI is InChI=1S/3C11H16N2.4C10H15N3.C9H14N4/c1-9(2)8-13-10(3)11-4-6-12-7-5-11;1-9(2)7-13-10(3)11-5-4-6-12-8-11;1-9(2)8-13-10(3)11-6-4-5-7-12-11;1-8(2)4-13-9(3)10-5-11-7-12-6-10;1-8(2)6-12-9(3)10-4-5-11-7-13-10;1-8(2)6-11-9(3)10-4-5-12-13-7-10;1-8(2)7-11-9(3)10-5-4-6-12-13-10;1-7(2)4-11-8(3)9-12-5-10-6-13-9/h4-7,9,13H,3,8H2,1-2H3;4-6,8-9,13H,3,7H2,1-2H3;4-7,9,13H,3,8H2,1-2H3;5-8,13H,3-4H2,1-2H3;4-5,7-8,12H,3,6H2,1-2H3;4-5,7-8,11H,3,6H2,1-2H3;4-6,8,11H,3,7H2,1-2H3;5-7,11H,3-4H2,1-2H3. The zero-order valence-electron chi connectivity index (χ0n) is 65.2. The molecule has 8 heterocycles. The van der Waals surface area contributed by atoms with Crippen LogP contribution in [0.15, 0.2) is 213 Å². The first-order chi connectivity index (χ1) is 49.6. The van der Waals surface area contributed by atoms with Crippen molar-refractivity contribution in [1.82, 2.24) is 113 Å². The third kappa shape index (κ3) is 47.3. The molecular formula is C82H122N22. The Morgan fingerprint density at radius 1 is 0.260 bits per heavy atom. The minimum Gasteiger partial charge on any atom is -0.385 e. The molecule has 0 bridgehead atoms. The quantitative estimate of drug-likeness (QED) is 0.0195. The molecule has 0 aliphatic carbocycles. The fourth-order valence-corrected chi connectivity index (χ4v) is 7.26. The van der Waals surface area contributed by atoms with Gasteiger partial charge in [0.05, 0.1) is 46.6 Å². The van der Waals surface area contributed by atoms with Crippen LogP contribution in [0, 0.1) is 47.3 Å². The summed E-state index contributed by atoms with van der Waals surface area (Å²) in [6.45, 7) is 73.2. The van der Waals surface area contributed by atoms with Crippen LogP contribution in [0.2, 0.25) is 0 Å². The first-order valence-corrected chi connectivity index (χ1v) is 35.4. The molecule has 104 heavy (non-hydrogen) atoms. The molecule has 560 valence electrons. The summed E-state index contributed by atoms with van der Waals surface area (Å²) in [7, 11) is 0. The van der Waals surface area contributed by atoms with Crippen LogP contribution in [0.1, 0.15) is 156 Å². The Morgan fingerprint density at radius 2 is 0.644 bits per heavy atom. The number of rotatable bonds is 32. The van der Waals surface area contributed by atoms with E-state index in [0.717, 1.165) is 137 Å². The van der Waals surface area contributed by atoms with Gasteiger partial charge in [0.1, 0.15) is 31.0 Å². The molecule has 0 aliphatic rings. The van der Waals surface area contributed by atoms with Gasteiger partial charge in [0.25, 0.3) is 0 Å². The Bertz CT molecular complexity index is 2840. The molecule has 0 saturated carbocycles. The van der Waals surface area contributed by atoms with E-state index in [9.17, 15) is 0 Å². The molecule has 8 rings (SSSR count). The zero-order chi connectivity index (χ0) is 77.5. The highest BCUT2D eigenvalue weighted by molar-refractivity contribution is 5.63. The minimum absolute atomic E-state index is 0.582. The number of hydrogen-bond acceptors (Lipinski definition) is 22. The normalized spacial score (nSPS) is 10.1. The number of nitrogens with one attached hydrogen (secondary N) is 8. The van der Waals surface area contributed by atoms with E-state index in [1.165, 1.54) is 25.3 Å². The Kier molecular flexibility index (Phi) is 48.8. The number of aromatic nitrogens is 14. The van der Waals surface area contributed by atoms with Gasteiger partial charge in [0, 0.05) is 153 Å². The molecule has 0 aliphatic heterocycles. The topological polar surface area (TPSA) is 277 Å². The van der Waals surface area contributed by atoms with Crippen molar-refractivity contribution in [3.63, 3.8) is 0 Å². The number of nitrogens with zero attached hydrogens (tertiary/aromatic N) is 14. The molecule has 8 aromatic rings. The van der Waals surface area contributed by atoms with Crippen LogP contribution in [-0.2, 0) is 0 Å². The molecule has 0 fully saturated rings. The molecule has 0 atom stereocenters. The van der Waals surface area contributed by atoms with Crippen molar-refractivity contribution in [3.8, 4) is 0 Å². The van der Waals surface area contributed by atoms with Crippen LogP contribution < -0.4 is 42.5 Å². The largest absolute Gasteiger partial charge is 0.385 e. The summed E-state index contributed by atoms with van der Waals surface area (Å²) in [6.07, 6.45) is 25.1. The second kappa shape index (κ2) is 55.7. The third-order valence-electron chi connectivity index (χ3n) is 13.2. The smallest absolute Gasteiger partial charge is 0.177 e. The second-order valence-electron chi connectivity index (χ2n) is 27.1. The van der Waals surface area contributed by atoms with Gasteiger partial charge in [-0.2, -0.15) is 15.3 Å². The van der Waals surface area contributed by atoms with Crippen molar-refractivity contribution in [2.24, 2.45) is 47.3 Å². The Labute approximate surface area is 623 Å². The summed E-state index contributed by atoms with van der Waals surface area (Å²) in [5, 5.41) is 41.0. The minimum atomic E-state index is 0.582. The zero-order valence-corrected chi connectivity index (χ0v) is 65.2. The average molecular weight is 1420 g/mol. The van der Waals surface area contributed by atoms with E-state index >= 15 is 0 Å². The van der Waals surface area contributed by atoms with Crippen LogP contribution in [0.4, 0.5) is 0 Å². The summed E-state index contributed by atoms with van der Waals surface area (Å²) in [5.74, 6) is 5.53. The molecule has 0 amide bonds. The SMILES string of the molecule is C=C(NCC(C)C)c1ccccn1.C=C(NCC(C)C)c1cccnc1.C=C(NCC(C)C)c1cccnn1.C=C(NCC(C)C)c1ccncc1.C=C(NCC(C)C)c1ccncn1.C=C(NCC(C)C)c1ccnnc1.C=C(NCC(C)C)c1cncnc1.C=C(NCC(C)C)c1ncncn1. The Balaban J connectivity index is 0.000000594. The average Bonchev–Trinajstić information content (AvgIpc) is 1.19. The van der Waals surface area contributed by atoms with Crippen LogP contribution in [-0.4, -0.2) is 123 Å². The predicted molar refractivity (Wildman–Crippen MR) is 436 cm³/mol. The summed E-state index contributed by atoms with van der Waals surface area (Å²) in [4.78, 5) is 39.6. The maximum atomic E-state index is 4.19. The molecule has 22 nitrogen and oxygen atoms in total. The summed E-state index contributed by atoms with van der Waals surface area (Å²) in [5.41, 5.74) is 13.7. The van der Waals surface area contributed by atoms with Crippen LogP contribution in [0.5, 0.6) is 0 Å². The van der Waals surface area contributed by atoms with Gasteiger partial charge < -0.3 is 42.5 Å². The molecule has 0 spiro atoms. The van der Waals surface area contributed by atoms with E-state index in [2.05, 4.69) is 276 Å². The molecule has 8 aromatic heterocycles. The summed E-state index contributed by atoms with van der Waals surface area (Å²) >= 11 is 0. The van der Waals surface area contributed by atoms with E-state index < -0.39 is 0 Å². The molecule has 0 aromatic carbocycles. The highest BCUT2D eigenvalue weighted by Gasteiger charge is 2.06. The van der Waals surface area contributed by atoms with Crippen molar-refractivity contribution >= 4 is 45.6 Å². The summed E-state index contributed by atoms with van der Waals surface area (Å²) < 4.78 is 0. The lowest BCUT2D eigenvalue weighted by molar-refractivity contribution is 0.616. The second-order valence-corrected chi connectivity index (χ2v) is 27.1. The van der Waals surface area contributed by atoms with Gasteiger partial charge in [-0.15, -0.1) is 5.10 Å². The van der Waals surface area contributed by atoms with Gasteiger partial charge in [0.2, 0.25) is 0 Å².